The van der Waals surface area contributed by atoms with Gasteiger partial charge < -0.3 is 4.90 Å². The highest BCUT2D eigenvalue weighted by molar-refractivity contribution is 7.17. The predicted molar refractivity (Wildman–Crippen MR) is 96.8 cm³/mol. The zero-order valence-electron chi connectivity index (χ0n) is 13.2. The SMILES string of the molecule is O=C(c1cc2c(s1)-c1ccccc1CC2)N1CCc2cnccc21. The van der Waals surface area contributed by atoms with Crippen LogP contribution in [0.25, 0.3) is 10.4 Å². The molecule has 3 nitrogen and oxygen atoms in total. The number of hydrogen-bond acceptors (Lipinski definition) is 3. The highest BCUT2D eigenvalue weighted by atomic mass is 32.1. The molecule has 1 aliphatic carbocycles. The van der Waals surface area contributed by atoms with Crippen LogP contribution in [0.15, 0.2) is 48.8 Å². The van der Waals surface area contributed by atoms with Gasteiger partial charge in [0.05, 0.1) is 10.6 Å². The second kappa shape index (κ2) is 5.28. The van der Waals surface area contributed by atoms with Gasteiger partial charge in [-0.25, -0.2) is 0 Å². The molecular formula is C20H16N2OS. The molecule has 24 heavy (non-hydrogen) atoms. The van der Waals surface area contributed by atoms with Gasteiger partial charge in [-0.3, -0.25) is 9.78 Å². The van der Waals surface area contributed by atoms with Gasteiger partial charge in [0.1, 0.15) is 0 Å². The summed E-state index contributed by atoms with van der Waals surface area (Å²) in [5.74, 6) is 0.122. The van der Waals surface area contributed by atoms with Crippen molar-refractivity contribution in [3.63, 3.8) is 0 Å². The molecule has 2 aromatic heterocycles. The molecule has 1 aromatic carbocycles. The van der Waals surface area contributed by atoms with Crippen molar-refractivity contribution in [2.75, 3.05) is 11.4 Å². The van der Waals surface area contributed by atoms with Gasteiger partial charge in [-0.05, 0) is 53.6 Å². The van der Waals surface area contributed by atoms with E-state index in [1.165, 1.54) is 21.6 Å². The molecule has 4 heteroatoms. The summed E-state index contributed by atoms with van der Waals surface area (Å²) in [4.78, 5) is 21.2. The Hall–Kier alpha value is -2.46. The predicted octanol–water partition coefficient (Wildman–Crippen LogP) is 4.11. The van der Waals surface area contributed by atoms with Gasteiger partial charge in [0, 0.05) is 23.8 Å². The van der Waals surface area contributed by atoms with Crippen LogP contribution >= 0.6 is 11.3 Å². The number of fused-ring (bicyclic) bond motifs is 4. The topological polar surface area (TPSA) is 33.2 Å². The van der Waals surface area contributed by atoms with E-state index >= 15 is 0 Å². The first kappa shape index (κ1) is 13.9. The van der Waals surface area contributed by atoms with Crippen LogP contribution in [-0.4, -0.2) is 17.4 Å². The number of aromatic nitrogens is 1. The largest absolute Gasteiger partial charge is 0.307 e. The van der Waals surface area contributed by atoms with Gasteiger partial charge in [0.25, 0.3) is 5.91 Å². The number of carbonyl (C=O) groups excluding carboxylic acids is 1. The van der Waals surface area contributed by atoms with Gasteiger partial charge in [0.15, 0.2) is 0 Å². The number of hydrogen-bond donors (Lipinski definition) is 0. The fourth-order valence-corrected chi connectivity index (χ4v) is 4.97. The lowest BCUT2D eigenvalue weighted by atomic mass is 9.91. The molecule has 5 rings (SSSR count). The van der Waals surface area contributed by atoms with E-state index in [2.05, 4.69) is 35.3 Å². The van der Waals surface area contributed by atoms with Crippen LogP contribution in [0.5, 0.6) is 0 Å². The fraction of sp³-hybridized carbons (Fsp3) is 0.200. The molecule has 3 aromatic rings. The van der Waals surface area contributed by atoms with Crippen molar-refractivity contribution in [2.24, 2.45) is 0 Å². The van der Waals surface area contributed by atoms with E-state index in [-0.39, 0.29) is 5.91 Å². The highest BCUT2D eigenvalue weighted by Crippen LogP contribution is 2.40. The second-order valence-corrected chi connectivity index (χ2v) is 7.39. The number of amides is 1. The van der Waals surface area contributed by atoms with Gasteiger partial charge in [-0.2, -0.15) is 0 Å². The number of anilines is 1. The summed E-state index contributed by atoms with van der Waals surface area (Å²) in [6, 6.07) is 12.6. The number of benzene rings is 1. The third-order valence-electron chi connectivity index (χ3n) is 4.96. The van der Waals surface area contributed by atoms with Crippen LogP contribution in [0, 0.1) is 0 Å². The average Bonchev–Trinajstić information content (AvgIpc) is 3.25. The van der Waals surface area contributed by atoms with Crippen LogP contribution in [-0.2, 0) is 19.3 Å². The summed E-state index contributed by atoms with van der Waals surface area (Å²) < 4.78 is 0. The Morgan fingerprint density at radius 2 is 1.92 bits per heavy atom. The molecular weight excluding hydrogens is 316 g/mol. The van der Waals surface area contributed by atoms with Crippen LogP contribution in [0.1, 0.15) is 26.4 Å². The minimum Gasteiger partial charge on any atom is -0.307 e. The molecule has 0 fully saturated rings. The number of aryl methyl sites for hydroxylation is 2. The standard InChI is InChI=1S/C20H16N2OS/c23-20(22-10-8-15-12-21-9-7-17(15)22)18-11-14-6-5-13-3-1-2-4-16(13)19(14)24-18/h1-4,7,9,11-12H,5-6,8,10H2. The molecule has 1 aliphatic heterocycles. The minimum absolute atomic E-state index is 0.122. The molecule has 3 heterocycles. The smallest absolute Gasteiger partial charge is 0.268 e. The summed E-state index contributed by atoms with van der Waals surface area (Å²) in [5.41, 5.74) is 6.19. The third kappa shape index (κ3) is 2.03. The third-order valence-corrected chi connectivity index (χ3v) is 6.16. The fourth-order valence-electron chi connectivity index (χ4n) is 3.75. The second-order valence-electron chi connectivity index (χ2n) is 6.33. The minimum atomic E-state index is 0.122. The summed E-state index contributed by atoms with van der Waals surface area (Å²) in [6.07, 6.45) is 6.61. The molecule has 1 amide bonds. The van der Waals surface area contributed by atoms with Crippen molar-refractivity contribution in [2.45, 2.75) is 19.3 Å². The maximum Gasteiger partial charge on any atom is 0.268 e. The summed E-state index contributed by atoms with van der Waals surface area (Å²) in [5, 5.41) is 0. The first-order valence-corrected chi connectivity index (χ1v) is 9.08. The number of rotatable bonds is 1. The van der Waals surface area contributed by atoms with Crippen molar-refractivity contribution in [3.8, 4) is 10.4 Å². The maximum absolute atomic E-state index is 13.1. The summed E-state index contributed by atoms with van der Waals surface area (Å²) in [7, 11) is 0. The van der Waals surface area contributed by atoms with E-state index < -0.39 is 0 Å². The molecule has 0 unspecified atom stereocenters. The van der Waals surface area contributed by atoms with Crippen LogP contribution in [0.3, 0.4) is 0 Å². The van der Waals surface area contributed by atoms with E-state index in [1.54, 1.807) is 17.5 Å². The zero-order chi connectivity index (χ0) is 16.1. The Labute approximate surface area is 144 Å². The molecule has 0 N–H and O–H groups in total. The Morgan fingerprint density at radius 1 is 1.04 bits per heavy atom. The molecule has 0 saturated carbocycles. The number of pyridine rings is 1. The molecule has 0 radical (unpaired) electrons. The lowest BCUT2D eigenvalue weighted by Crippen LogP contribution is -2.28. The van der Waals surface area contributed by atoms with E-state index in [0.29, 0.717) is 0 Å². The van der Waals surface area contributed by atoms with Gasteiger partial charge in [-0.1, -0.05) is 24.3 Å². The number of nitrogens with zero attached hydrogens (tertiary/aromatic N) is 2. The first-order chi connectivity index (χ1) is 11.8. The van der Waals surface area contributed by atoms with Crippen molar-refractivity contribution >= 4 is 22.9 Å². The van der Waals surface area contributed by atoms with E-state index in [4.69, 9.17) is 0 Å². The van der Waals surface area contributed by atoms with Crippen molar-refractivity contribution in [1.29, 1.82) is 0 Å². The van der Waals surface area contributed by atoms with Crippen LogP contribution < -0.4 is 4.90 Å². The maximum atomic E-state index is 13.1. The lowest BCUT2D eigenvalue weighted by Gasteiger charge is -2.15. The monoisotopic (exact) mass is 332 g/mol. The van der Waals surface area contributed by atoms with Crippen molar-refractivity contribution < 1.29 is 4.79 Å². The quantitative estimate of drug-likeness (QED) is 0.672. The molecule has 0 saturated heterocycles. The van der Waals surface area contributed by atoms with Gasteiger partial charge in [0.2, 0.25) is 0 Å². The number of thiophene rings is 1. The molecule has 118 valence electrons. The molecule has 0 spiro atoms. The molecule has 2 aliphatic rings. The Morgan fingerprint density at radius 3 is 2.88 bits per heavy atom. The molecule has 0 atom stereocenters. The van der Waals surface area contributed by atoms with E-state index in [9.17, 15) is 4.79 Å². The highest BCUT2D eigenvalue weighted by Gasteiger charge is 2.28. The lowest BCUT2D eigenvalue weighted by molar-refractivity contribution is 0.0993. The zero-order valence-corrected chi connectivity index (χ0v) is 14.0. The van der Waals surface area contributed by atoms with Crippen LogP contribution in [0.4, 0.5) is 5.69 Å². The summed E-state index contributed by atoms with van der Waals surface area (Å²) >= 11 is 1.64. The van der Waals surface area contributed by atoms with Crippen molar-refractivity contribution in [3.05, 3.63) is 70.4 Å². The normalized spacial score (nSPS) is 14.9. The first-order valence-electron chi connectivity index (χ1n) is 8.27. The van der Waals surface area contributed by atoms with Crippen LogP contribution in [0.2, 0.25) is 0 Å². The number of carbonyl (C=O) groups is 1. The van der Waals surface area contributed by atoms with Crippen molar-refractivity contribution in [1.82, 2.24) is 4.98 Å². The Kier molecular flexibility index (Phi) is 3.06. The van der Waals surface area contributed by atoms with E-state index in [1.807, 2.05) is 17.2 Å². The van der Waals surface area contributed by atoms with E-state index in [0.717, 1.165) is 41.9 Å². The summed E-state index contributed by atoms with van der Waals surface area (Å²) in [6.45, 7) is 0.749. The Bertz CT molecular complexity index is 960. The Balaban J connectivity index is 1.54. The van der Waals surface area contributed by atoms with Gasteiger partial charge >= 0.3 is 0 Å². The van der Waals surface area contributed by atoms with Gasteiger partial charge in [-0.15, -0.1) is 11.3 Å². The average molecular weight is 332 g/mol. The molecule has 0 bridgehead atoms.